The Bertz CT molecular complexity index is 681. The summed E-state index contributed by atoms with van der Waals surface area (Å²) in [4.78, 5) is 0. The first-order chi connectivity index (χ1) is 9.72. The van der Waals surface area contributed by atoms with Crippen LogP contribution in [0, 0.1) is 5.92 Å². The molecule has 0 radical (unpaired) electrons. The fourth-order valence-electron chi connectivity index (χ4n) is 3.46. The van der Waals surface area contributed by atoms with Crippen molar-refractivity contribution < 1.29 is 4.74 Å². The molecule has 20 heavy (non-hydrogen) atoms. The van der Waals surface area contributed by atoms with E-state index in [1.165, 1.54) is 11.1 Å². The summed E-state index contributed by atoms with van der Waals surface area (Å²) in [6.45, 7) is 0. The lowest BCUT2D eigenvalue weighted by Crippen LogP contribution is -2.30. The highest BCUT2D eigenvalue weighted by Crippen LogP contribution is 2.47. The third kappa shape index (κ3) is 1.92. The number of halogens is 2. The molecule has 0 saturated heterocycles. The van der Waals surface area contributed by atoms with Gasteiger partial charge in [-0.3, -0.25) is 0 Å². The zero-order chi connectivity index (χ0) is 13.7. The molecular formula is C17H14Cl2O. The summed E-state index contributed by atoms with van der Waals surface area (Å²) < 4.78 is 6.26. The van der Waals surface area contributed by atoms with E-state index in [9.17, 15) is 0 Å². The Morgan fingerprint density at radius 3 is 2.80 bits per heavy atom. The molecule has 0 aromatic heterocycles. The summed E-state index contributed by atoms with van der Waals surface area (Å²) in [5.74, 6) is 1.33. The Hall–Kier alpha value is -1.18. The molecule has 1 nitrogen and oxygen atoms in total. The van der Waals surface area contributed by atoms with Crippen molar-refractivity contribution in [3.63, 3.8) is 0 Å². The molecule has 2 atom stereocenters. The van der Waals surface area contributed by atoms with Gasteiger partial charge < -0.3 is 4.74 Å². The number of benzene rings is 2. The largest absolute Gasteiger partial charge is 0.484 e. The summed E-state index contributed by atoms with van der Waals surface area (Å²) in [6, 6.07) is 12.3. The van der Waals surface area contributed by atoms with Crippen LogP contribution < -0.4 is 4.74 Å². The van der Waals surface area contributed by atoms with Gasteiger partial charge in [-0.05, 0) is 48.1 Å². The molecule has 2 aromatic carbocycles. The van der Waals surface area contributed by atoms with Gasteiger partial charge in [0.25, 0.3) is 0 Å². The number of hydrogen-bond acceptors (Lipinski definition) is 1. The van der Waals surface area contributed by atoms with Crippen molar-refractivity contribution in [1.29, 1.82) is 0 Å². The third-order valence-corrected chi connectivity index (χ3v) is 4.89. The van der Waals surface area contributed by atoms with Gasteiger partial charge >= 0.3 is 0 Å². The highest BCUT2D eigenvalue weighted by atomic mass is 35.5. The van der Waals surface area contributed by atoms with Crippen molar-refractivity contribution >= 4 is 23.2 Å². The molecule has 1 aliphatic carbocycles. The molecule has 4 rings (SSSR count). The van der Waals surface area contributed by atoms with E-state index in [2.05, 4.69) is 24.3 Å². The molecule has 1 aliphatic heterocycles. The SMILES string of the molecule is Clc1cc(Cl)c2c(c1)C[C@@H]1CCc3ccccc3[C@@H]1O2. The van der Waals surface area contributed by atoms with E-state index in [-0.39, 0.29) is 6.10 Å². The van der Waals surface area contributed by atoms with E-state index < -0.39 is 0 Å². The second-order valence-corrected chi connectivity index (χ2v) is 6.46. The van der Waals surface area contributed by atoms with Crippen LogP contribution in [0.1, 0.15) is 29.2 Å². The molecule has 102 valence electrons. The lowest BCUT2D eigenvalue weighted by Gasteiger charge is -2.38. The fourth-order valence-corrected chi connectivity index (χ4v) is 4.04. The van der Waals surface area contributed by atoms with E-state index >= 15 is 0 Å². The van der Waals surface area contributed by atoms with E-state index in [0.717, 1.165) is 30.6 Å². The average Bonchev–Trinajstić information content (AvgIpc) is 2.45. The van der Waals surface area contributed by atoms with Crippen molar-refractivity contribution in [3.8, 4) is 5.75 Å². The van der Waals surface area contributed by atoms with Crippen LogP contribution in [-0.4, -0.2) is 0 Å². The van der Waals surface area contributed by atoms with Gasteiger partial charge in [-0.2, -0.15) is 0 Å². The summed E-state index contributed by atoms with van der Waals surface area (Å²) in [6.07, 6.45) is 3.41. The van der Waals surface area contributed by atoms with E-state index in [0.29, 0.717) is 16.0 Å². The van der Waals surface area contributed by atoms with Crippen LogP contribution in [0.25, 0.3) is 0 Å². The average molecular weight is 305 g/mol. The monoisotopic (exact) mass is 304 g/mol. The van der Waals surface area contributed by atoms with Crippen LogP contribution in [0.5, 0.6) is 5.75 Å². The van der Waals surface area contributed by atoms with Gasteiger partial charge in [0.1, 0.15) is 11.9 Å². The Kier molecular flexibility index (Phi) is 2.94. The number of rotatable bonds is 0. The van der Waals surface area contributed by atoms with Gasteiger partial charge in [0.05, 0.1) is 5.02 Å². The Morgan fingerprint density at radius 1 is 1.05 bits per heavy atom. The Morgan fingerprint density at radius 2 is 1.90 bits per heavy atom. The highest BCUT2D eigenvalue weighted by molar-refractivity contribution is 6.35. The van der Waals surface area contributed by atoms with Gasteiger partial charge in [-0.25, -0.2) is 0 Å². The number of aryl methyl sites for hydroxylation is 1. The molecule has 3 heteroatoms. The predicted octanol–water partition coefficient (Wildman–Crippen LogP) is 5.23. The van der Waals surface area contributed by atoms with E-state index in [4.69, 9.17) is 27.9 Å². The smallest absolute Gasteiger partial charge is 0.142 e. The second-order valence-electron chi connectivity index (χ2n) is 5.62. The minimum absolute atomic E-state index is 0.131. The number of fused-ring (bicyclic) bond motifs is 4. The molecule has 2 aromatic rings. The quantitative estimate of drug-likeness (QED) is 0.647. The van der Waals surface area contributed by atoms with Crippen LogP contribution in [0.4, 0.5) is 0 Å². The van der Waals surface area contributed by atoms with Crippen molar-refractivity contribution in [2.24, 2.45) is 5.92 Å². The number of hydrogen-bond donors (Lipinski definition) is 0. The first kappa shape index (κ1) is 12.6. The van der Waals surface area contributed by atoms with Crippen molar-refractivity contribution in [1.82, 2.24) is 0 Å². The van der Waals surface area contributed by atoms with Crippen molar-refractivity contribution in [2.75, 3.05) is 0 Å². The maximum Gasteiger partial charge on any atom is 0.142 e. The Labute approximate surface area is 128 Å². The molecule has 0 unspecified atom stereocenters. The molecule has 1 heterocycles. The first-order valence-electron chi connectivity index (χ1n) is 6.95. The lowest BCUT2D eigenvalue weighted by molar-refractivity contribution is 0.0989. The minimum Gasteiger partial charge on any atom is -0.484 e. The normalized spacial score (nSPS) is 23.3. The van der Waals surface area contributed by atoms with Gasteiger partial charge in [0.2, 0.25) is 0 Å². The zero-order valence-corrected chi connectivity index (χ0v) is 12.4. The fraction of sp³-hybridized carbons (Fsp3) is 0.294. The molecule has 0 amide bonds. The first-order valence-corrected chi connectivity index (χ1v) is 7.70. The molecule has 0 spiro atoms. The van der Waals surface area contributed by atoms with Crippen LogP contribution in [0.15, 0.2) is 36.4 Å². The third-order valence-electron chi connectivity index (χ3n) is 4.39. The molecule has 0 fully saturated rings. The second kappa shape index (κ2) is 4.68. The summed E-state index contributed by atoms with van der Waals surface area (Å²) in [5.41, 5.74) is 3.87. The van der Waals surface area contributed by atoms with Crippen LogP contribution >= 0.6 is 23.2 Å². The summed E-state index contributed by atoms with van der Waals surface area (Å²) in [7, 11) is 0. The Balaban J connectivity index is 1.80. The van der Waals surface area contributed by atoms with E-state index in [1.54, 1.807) is 6.07 Å². The standard InChI is InChI=1S/C17H14Cl2O/c18-13-8-12-7-11-6-5-10-3-1-2-4-14(10)16(11)20-17(12)15(19)9-13/h1-4,8-9,11,16H,5-7H2/t11-,16+/m0/s1. The minimum atomic E-state index is 0.131. The van der Waals surface area contributed by atoms with Gasteiger partial charge in [0.15, 0.2) is 0 Å². The van der Waals surface area contributed by atoms with E-state index in [1.807, 2.05) is 6.07 Å². The van der Waals surface area contributed by atoms with Crippen molar-refractivity contribution in [2.45, 2.75) is 25.4 Å². The van der Waals surface area contributed by atoms with Crippen LogP contribution in [0.2, 0.25) is 10.0 Å². The van der Waals surface area contributed by atoms with Crippen LogP contribution in [-0.2, 0) is 12.8 Å². The molecular weight excluding hydrogens is 291 g/mol. The van der Waals surface area contributed by atoms with Gasteiger partial charge in [0, 0.05) is 10.9 Å². The summed E-state index contributed by atoms with van der Waals surface area (Å²) >= 11 is 12.4. The topological polar surface area (TPSA) is 9.23 Å². The zero-order valence-electron chi connectivity index (χ0n) is 10.9. The van der Waals surface area contributed by atoms with Gasteiger partial charge in [-0.1, -0.05) is 47.5 Å². The molecule has 0 bridgehead atoms. The predicted molar refractivity (Wildman–Crippen MR) is 81.8 cm³/mol. The van der Waals surface area contributed by atoms with Gasteiger partial charge in [-0.15, -0.1) is 0 Å². The summed E-state index contributed by atoms with van der Waals surface area (Å²) in [5, 5.41) is 1.31. The molecule has 0 saturated carbocycles. The maximum absolute atomic E-state index is 6.30. The maximum atomic E-state index is 6.30. The van der Waals surface area contributed by atoms with Crippen molar-refractivity contribution in [3.05, 3.63) is 63.1 Å². The highest BCUT2D eigenvalue weighted by Gasteiger charge is 2.36. The molecule has 0 N–H and O–H groups in total. The lowest BCUT2D eigenvalue weighted by atomic mass is 9.77. The van der Waals surface area contributed by atoms with Crippen LogP contribution in [0.3, 0.4) is 0 Å². The number of ether oxygens (including phenoxy) is 1. The molecule has 2 aliphatic rings.